The highest BCUT2D eigenvalue weighted by molar-refractivity contribution is 5.78. The number of rotatable bonds is 12. The Morgan fingerprint density at radius 3 is 2.41 bits per heavy atom. The first-order valence-electron chi connectivity index (χ1n) is 8.59. The first kappa shape index (κ1) is 20.7. The van der Waals surface area contributed by atoms with Crippen LogP contribution in [0.25, 0.3) is 0 Å². The number of guanidine groups is 1. The van der Waals surface area contributed by atoms with Gasteiger partial charge in [-0.2, -0.15) is 0 Å². The molecule has 22 heavy (non-hydrogen) atoms. The normalized spacial score (nSPS) is 13.2. The molecule has 0 heterocycles. The van der Waals surface area contributed by atoms with Gasteiger partial charge in [0, 0.05) is 19.0 Å². The van der Waals surface area contributed by atoms with E-state index in [-0.39, 0.29) is 5.97 Å². The zero-order valence-electron chi connectivity index (χ0n) is 14.9. The van der Waals surface area contributed by atoms with E-state index in [4.69, 9.17) is 5.73 Å². The lowest BCUT2D eigenvalue weighted by Gasteiger charge is -2.15. The number of esters is 1. The molecule has 5 nitrogen and oxygen atoms in total. The fourth-order valence-corrected chi connectivity index (χ4v) is 2.24. The molecule has 0 aromatic rings. The molecule has 1 atom stereocenters. The van der Waals surface area contributed by atoms with E-state index in [1.165, 1.54) is 20.0 Å². The number of nitrogens with one attached hydrogen (secondary N) is 1. The molecule has 0 fully saturated rings. The molecule has 0 amide bonds. The van der Waals surface area contributed by atoms with Gasteiger partial charge in [0.15, 0.2) is 5.96 Å². The van der Waals surface area contributed by atoms with Crippen molar-refractivity contribution in [3.8, 4) is 0 Å². The lowest BCUT2D eigenvalue weighted by Crippen LogP contribution is -2.38. The van der Waals surface area contributed by atoms with Crippen LogP contribution in [0, 0.1) is 5.92 Å². The molecule has 0 aromatic carbocycles. The van der Waals surface area contributed by atoms with Gasteiger partial charge in [-0.05, 0) is 32.1 Å². The van der Waals surface area contributed by atoms with E-state index < -0.39 is 0 Å². The second kappa shape index (κ2) is 13.4. The largest absolute Gasteiger partial charge is 0.469 e. The van der Waals surface area contributed by atoms with Gasteiger partial charge in [-0.25, -0.2) is 0 Å². The molecule has 0 radical (unpaired) electrons. The van der Waals surface area contributed by atoms with Gasteiger partial charge in [-0.3, -0.25) is 9.79 Å². The van der Waals surface area contributed by atoms with Crippen molar-refractivity contribution in [2.24, 2.45) is 16.6 Å². The Morgan fingerprint density at radius 2 is 1.77 bits per heavy atom. The maximum Gasteiger partial charge on any atom is 0.305 e. The molecule has 3 N–H and O–H groups in total. The standard InChI is InChI=1S/C17H35N3O2/c1-14(2)10-9-11-15(3)20-17(18)19-13-8-6-5-7-12-16(21)22-4/h14-15H,5-13H2,1-4H3,(H3,18,19,20). The molecule has 5 heteroatoms. The second-order valence-corrected chi connectivity index (χ2v) is 6.38. The van der Waals surface area contributed by atoms with Crippen LogP contribution in [0.4, 0.5) is 0 Å². The fraction of sp³-hybridized carbons (Fsp3) is 0.882. The van der Waals surface area contributed by atoms with Crippen molar-refractivity contribution in [1.29, 1.82) is 0 Å². The first-order chi connectivity index (χ1) is 10.5. The van der Waals surface area contributed by atoms with E-state index in [1.807, 2.05) is 0 Å². The summed E-state index contributed by atoms with van der Waals surface area (Å²) in [4.78, 5) is 15.3. The fourth-order valence-electron chi connectivity index (χ4n) is 2.24. The van der Waals surface area contributed by atoms with Crippen LogP contribution in [0.2, 0.25) is 0 Å². The summed E-state index contributed by atoms with van der Waals surface area (Å²) < 4.78 is 4.60. The van der Waals surface area contributed by atoms with Crippen molar-refractivity contribution < 1.29 is 9.53 Å². The highest BCUT2D eigenvalue weighted by atomic mass is 16.5. The van der Waals surface area contributed by atoms with E-state index in [0.29, 0.717) is 18.4 Å². The number of methoxy groups -OCH3 is 1. The molecule has 0 rings (SSSR count). The lowest BCUT2D eigenvalue weighted by molar-refractivity contribution is -0.140. The third-order valence-electron chi connectivity index (χ3n) is 3.61. The van der Waals surface area contributed by atoms with Crippen LogP contribution in [-0.4, -0.2) is 31.6 Å². The Bertz CT molecular complexity index is 317. The van der Waals surface area contributed by atoms with Crippen LogP contribution in [0.1, 0.15) is 72.1 Å². The molecule has 0 bridgehead atoms. The van der Waals surface area contributed by atoms with Gasteiger partial charge in [0.1, 0.15) is 0 Å². The highest BCUT2D eigenvalue weighted by Gasteiger charge is 2.03. The number of hydrogen-bond acceptors (Lipinski definition) is 3. The van der Waals surface area contributed by atoms with E-state index >= 15 is 0 Å². The number of aliphatic imine (C=N–C) groups is 1. The number of hydrogen-bond donors (Lipinski definition) is 2. The molecular weight excluding hydrogens is 278 g/mol. The minimum atomic E-state index is -0.127. The van der Waals surface area contributed by atoms with E-state index in [0.717, 1.165) is 44.6 Å². The van der Waals surface area contributed by atoms with Crippen LogP contribution in [-0.2, 0) is 9.53 Å². The van der Waals surface area contributed by atoms with Crippen LogP contribution >= 0.6 is 0 Å². The average molecular weight is 313 g/mol. The van der Waals surface area contributed by atoms with Crippen LogP contribution < -0.4 is 11.1 Å². The maximum atomic E-state index is 10.9. The van der Waals surface area contributed by atoms with E-state index in [1.54, 1.807) is 0 Å². The Morgan fingerprint density at radius 1 is 1.09 bits per heavy atom. The van der Waals surface area contributed by atoms with Crippen molar-refractivity contribution in [2.45, 2.75) is 78.2 Å². The Hall–Kier alpha value is -1.26. The van der Waals surface area contributed by atoms with Gasteiger partial charge >= 0.3 is 5.97 Å². The van der Waals surface area contributed by atoms with Crippen molar-refractivity contribution >= 4 is 11.9 Å². The number of nitrogens with zero attached hydrogens (tertiary/aromatic N) is 1. The summed E-state index contributed by atoms with van der Waals surface area (Å²) >= 11 is 0. The lowest BCUT2D eigenvalue weighted by atomic mass is 10.0. The van der Waals surface area contributed by atoms with Gasteiger partial charge < -0.3 is 15.8 Å². The predicted molar refractivity (Wildman–Crippen MR) is 92.9 cm³/mol. The molecule has 0 saturated heterocycles. The van der Waals surface area contributed by atoms with Crippen LogP contribution in [0.3, 0.4) is 0 Å². The molecule has 0 aliphatic rings. The predicted octanol–water partition coefficient (Wildman–Crippen LogP) is 3.23. The number of carbonyl (C=O) groups excluding carboxylic acids is 1. The minimum Gasteiger partial charge on any atom is -0.469 e. The quantitative estimate of drug-likeness (QED) is 0.251. The van der Waals surface area contributed by atoms with Crippen LogP contribution in [0.5, 0.6) is 0 Å². The average Bonchev–Trinajstić information content (AvgIpc) is 2.45. The SMILES string of the molecule is COC(=O)CCCCCCN=C(N)NC(C)CCCC(C)C. The van der Waals surface area contributed by atoms with Crippen molar-refractivity contribution in [2.75, 3.05) is 13.7 Å². The third kappa shape index (κ3) is 13.7. The van der Waals surface area contributed by atoms with Gasteiger partial charge in [-0.1, -0.05) is 39.5 Å². The molecule has 0 aromatic heterocycles. The van der Waals surface area contributed by atoms with Crippen molar-refractivity contribution in [3.63, 3.8) is 0 Å². The Kier molecular flexibility index (Phi) is 12.6. The van der Waals surface area contributed by atoms with Gasteiger partial charge in [0.05, 0.1) is 7.11 Å². The van der Waals surface area contributed by atoms with Crippen molar-refractivity contribution in [3.05, 3.63) is 0 Å². The van der Waals surface area contributed by atoms with E-state index in [9.17, 15) is 4.79 Å². The molecule has 130 valence electrons. The molecular formula is C17H35N3O2. The number of ether oxygens (including phenoxy) is 1. The smallest absolute Gasteiger partial charge is 0.305 e. The summed E-state index contributed by atoms with van der Waals surface area (Å²) in [5, 5.41) is 3.24. The summed E-state index contributed by atoms with van der Waals surface area (Å²) in [6.45, 7) is 7.39. The van der Waals surface area contributed by atoms with E-state index in [2.05, 4.69) is 35.8 Å². The Labute approximate surface area is 136 Å². The number of carbonyl (C=O) groups is 1. The molecule has 0 aliphatic carbocycles. The van der Waals surface area contributed by atoms with Crippen LogP contribution in [0.15, 0.2) is 4.99 Å². The van der Waals surface area contributed by atoms with Crippen molar-refractivity contribution in [1.82, 2.24) is 5.32 Å². The highest BCUT2D eigenvalue weighted by Crippen LogP contribution is 2.08. The number of unbranched alkanes of at least 4 members (excludes halogenated alkanes) is 3. The zero-order chi connectivity index (χ0) is 16.8. The summed E-state index contributed by atoms with van der Waals surface area (Å²) in [7, 11) is 1.43. The second-order valence-electron chi connectivity index (χ2n) is 6.38. The zero-order valence-corrected chi connectivity index (χ0v) is 14.9. The van der Waals surface area contributed by atoms with Gasteiger partial charge in [0.2, 0.25) is 0 Å². The first-order valence-corrected chi connectivity index (χ1v) is 8.59. The monoisotopic (exact) mass is 313 g/mol. The number of nitrogens with two attached hydrogens (primary N) is 1. The summed E-state index contributed by atoms with van der Waals surface area (Å²) in [5.41, 5.74) is 5.88. The van der Waals surface area contributed by atoms with Gasteiger partial charge in [-0.15, -0.1) is 0 Å². The summed E-state index contributed by atoms with van der Waals surface area (Å²) in [6, 6.07) is 0.377. The topological polar surface area (TPSA) is 76.7 Å². The maximum absolute atomic E-state index is 10.9. The molecule has 0 aliphatic heterocycles. The van der Waals surface area contributed by atoms with Gasteiger partial charge in [0.25, 0.3) is 0 Å². The summed E-state index contributed by atoms with van der Waals surface area (Å²) in [6.07, 6.45) is 8.11. The molecule has 1 unspecified atom stereocenters. The Balaban J connectivity index is 3.57. The molecule has 0 saturated carbocycles. The third-order valence-corrected chi connectivity index (χ3v) is 3.61. The minimum absolute atomic E-state index is 0.127. The summed E-state index contributed by atoms with van der Waals surface area (Å²) in [5.74, 6) is 1.18. The molecule has 0 spiro atoms.